The first-order valence-electron chi connectivity index (χ1n) is 9.89. The highest BCUT2D eigenvalue weighted by Crippen LogP contribution is 2.12. The van der Waals surface area contributed by atoms with Gasteiger partial charge in [-0.2, -0.15) is 0 Å². The third kappa shape index (κ3) is 5.11. The molecule has 1 amide bonds. The lowest BCUT2D eigenvalue weighted by Gasteiger charge is -2.32. The zero-order valence-corrected chi connectivity index (χ0v) is 16.6. The number of likely N-dealkylation sites (N-methyl/N-ethyl adjacent to an activating group) is 1. The van der Waals surface area contributed by atoms with Crippen molar-refractivity contribution in [3.05, 3.63) is 59.7 Å². The van der Waals surface area contributed by atoms with Crippen LogP contribution in [0.25, 0.3) is 11.0 Å². The minimum atomic E-state index is -0.206. The molecule has 0 saturated carbocycles. The molecule has 1 aliphatic rings. The second kappa shape index (κ2) is 9.04. The Labute approximate surface area is 170 Å². The molecule has 4 N–H and O–H groups in total. The Bertz CT molecular complexity index is 912. The van der Waals surface area contributed by atoms with Gasteiger partial charge in [0.05, 0.1) is 11.0 Å². The molecule has 0 unspecified atom stereocenters. The molecule has 0 bridgehead atoms. The number of carbonyl (C=O) groups excluding carboxylic acids is 1. The van der Waals surface area contributed by atoms with Gasteiger partial charge in [-0.05, 0) is 36.9 Å². The molecule has 0 aliphatic carbocycles. The van der Waals surface area contributed by atoms with Crippen LogP contribution in [0, 0.1) is 0 Å². The van der Waals surface area contributed by atoms with Crippen molar-refractivity contribution >= 4 is 22.9 Å². The van der Waals surface area contributed by atoms with Crippen LogP contribution in [0.4, 0.5) is 5.95 Å². The Balaban J connectivity index is 1.23. The number of H-pyrrole nitrogens is 1. The van der Waals surface area contributed by atoms with Crippen molar-refractivity contribution in [3.63, 3.8) is 0 Å². The van der Waals surface area contributed by atoms with Crippen molar-refractivity contribution in [3.8, 4) is 0 Å². The van der Waals surface area contributed by atoms with Crippen LogP contribution < -0.4 is 16.2 Å². The topological polar surface area (TPSA) is 88.3 Å². The first-order chi connectivity index (χ1) is 14.2. The highest BCUT2D eigenvalue weighted by molar-refractivity contribution is 5.94. The molecule has 1 fully saturated rings. The minimum Gasteiger partial charge on any atom is -0.323 e. The molecule has 0 atom stereocenters. The Morgan fingerprint density at radius 3 is 2.59 bits per heavy atom. The number of para-hydroxylation sites is 2. The van der Waals surface area contributed by atoms with Crippen molar-refractivity contribution in [2.24, 2.45) is 0 Å². The van der Waals surface area contributed by atoms with Crippen LogP contribution in [0.1, 0.15) is 15.9 Å². The monoisotopic (exact) mass is 393 g/mol. The Kier molecular flexibility index (Phi) is 6.04. The van der Waals surface area contributed by atoms with Gasteiger partial charge in [0.25, 0.3) is 5.91 Å². The van der Waals surface area contributed by atoms with Crippen molar-refractivity contribution in [2.45, 2.75) is 6.54 Å². The molecule has 1 saturated heterocycles. The van der Waals surface area contributed by atoms with Crippen LogP contribution in [-0.2, 0) is 6.54 Å². The van der Waals surface area contributed by atoms with E-state index in [-0.39, 0.29) is 5.91 Å². The smallest absolute Gasteiger partial charge is 0.269 e. The second-order valence-electron chi connectivity index (χ2n) is 7.38. The van der Waals surface area contributed by atoms with Crippen LogP contribution in [-0.4, -0.2) is 65.6 Å². The normalized spacial score (nSPS) is 15.5. The number of benzene rings is 2. The number of fused-ring (bicyclic) bond motifs is 1. The molecule has 3 aromatic rings. The molecule has 8 heteroatoms. The van der Waals surface area contributed by atoms with Gasteiger partial charge in [0.1, 0.15) is 0 Å². The molecular formula is C21H27N7O. The first kappa shape index (κ1) is 19.4. The van der Waals surface area contributed by atoms with E-state index in [1.54, 1.807) is 0 Å². The van der Waals surface area contributed by atoms with Gasteiger partial charge in [-0.15, -0.1) is 0 Å². The zero-order chi connectivity index (χ0) is 20.1. The summed E-state index contributed by atoms with van der Waals surface area (Å²) in [6, 6.07) is 15.3. The van der Waals surface area contributed by atoms with Crippen LogP contribution in [0.5, 0.6) is 0 Å². The SMILES string of the molecule is CN1CCN(CNCc2ccc(C(=O)NNc3nc4ccccc4[nH]3)cc2)CC1. The lowest BCUT2D eigenvalue weighted by molar-refractivity contribution is 0.0962. The number of piperazine rings is 1. The molecule has 8 nitrogen and oxygen atoms in total. The number of hydrogen-bond acceptors (Lipinski definition) is 6. The highest BCUT2D eigenvalue weighted by atomic mass is 16.2. The van der Waals surface area contributed by atoms with E-state index in [1.807, 2.05) is 48.5 Å². The summed E-state index contributed by atoms with van der Waals surface area (Å²) in [4.78, 5) is 24.6. The quantitative estimate of drug-likeness (QED) is 0.456. The maximum absolute atomic E-state index is 12.4. The van der Waals surface area contributed by atoms with E-state index in [9.17, 15) is 4.79 Å². The Morgan fingerprint density at radius 2 is 1.83 bits per heavy atom. The zero-order valence-electron chi connectivity index (χ0n) is 16.6. The van der Waals surface area contributed by atoms with Gasteiger partial charge in [0.2, 0.25) is 5.95 Å². The molecular weight excluding hydrogens is 366 g/mol. The summed E-state index contributed by atoms with van der Waals surface area (Å²) in [7, 11) is 2.16. The fourth-order valence-electron chi connectivity index (χ4n) is 3.34. The van der Waals surface area contributed by atoms with E-state index >= 15 is 0 Å². The van der Waals surface area contributed by atoms with Crippen LogP contribution >= 0.6 is 0 Å². The van der Waals surface area contributed by atoms with Crippen LogP contribution in [0.2, 0.25) is 0 Å². The number of rotatable bonds is 7. The third-order valence-electron chi connectivity index (χ3n) is 5.16. The van der Waals surface area contributed by atoms with Crippen molar-refractivity contribution in [1.29, 1.82) is 0 Å². The Hall–Kier alpha value is -2.94. The van der Waals surface area contributed by atoms with Gasteiger partial charge in [0.15, 0.2) is 0 Å². The first-order valence-corrected chi connectivity index (χ1v) is 9.89. The number of amides is 1. The number of anilines is 1. The van der Waals surface area contributed by atoms with Crippen LogP contribution in [0.15, 0.2) is 48.5 Å². The maximum Gasteiger partial charge on any atom is 0.269 e. The number of imidazole rings is 1. The summed E-state index contributed by atoms with van der Waals surface area (Å²) in [5.41, 5.74) is 9.02. The van der Waals surface area contributed by atoms with Crippen molar-refractivity contribution in [1.82, 2.24) is 30.5 Å². The number of hydrogen-bond donors (Lipinski definition) is 4. The fourth-order valence-corrected chi connectivity index (χ4v) is 3.34. The average molecular weight is 393 g/mol. The van der Waals surface area contributed by atoms with Gasteiger partial charge in [-0.1, -0.05) is 24.3 Å². The number of hydrazine groups is 1. The van der Waals surface area contributed by atoms with E-state index in [1.165, 1.54) is 0 Å². The summed E-state index contributed by atoms with van der Waals surface area (Å²) < 4.78 is 0. The molecule has 0 radical (unpaired) electrons. The Morgan fingerprint density at radius 1 is 1.07 bits per heavy atom. The lowest BCUT2D eigenvalue weighted by Crippen LogP contribution is -2.47. The van der Waals surface area contributed by atoms with Gasteiger partial charge < -0.3 is 15.2 Å². The van der Waals surface area contributed by atoms with Crippen molar-refractivity contribution < 1.29 is 4.79 Å². The second-order valence-corrected chi connectivity index (χ2v) is 7.38. The predicted molar refractivity (Wildman–Crippen MR) is 114 cm³/mol. The fraction of sp³-hybridized carbons (Fsp3) is 0.333. The number of aromatic amines is 1. The highest BCUT2D eigenvalue weighted by Gasteiger charge is 2.12. The van der Waals surface area contributed by atoms with E-state index in [0.717, 1.165) is 56.0 Å². The number of nitrogens with zero attached hydrogens (tertiary/aromatic N) is 3. The summed E-state index contributed by atoms with van der Waals surface area (Å²) in [6.45, 7) is 6.10. The van der Waals surface area contributed by atoms with E-state index in [0.29, 0.717) is 11.5 Å². The largest absolute Gasteiger partial charge is 0.323 e. The molecule has 2 aromatic carbocycles. The molecule has 0 spiro atoms. The van der Waals surface area contributed by atoms with Gasteiger partial charge in [-0.3, -0.25) is 20.5 Å². The summed E-state index contributed by atoms with van der Waals surface area (Å²) >= 11 is 0. The standard InChI is InChI=1S/C21H27N7O/c1-27-10-12-28(13-11-27)15-22-14-16-6-8-17(9-7-16)20(29)25-26-21-23-18-4-2-3-5-19(18)24-21/h2-9,22H,10-15H2,1H3,(H,25,29)(H2,23,24,26). The van der Waals surface area contributed by atoms with Crippen LogP contribution in [0.3, 0.4) is 0 Å². The van der Waals surface area contributed by atoms with Gasteiger partial charge >= 0.3 is 0 Å². The number of nitrogens with one attached hydrogen (secondary N) is 4. The number of aromatic nitrogens is 2. The molecule has 152 valence electrons. The molecule has 29 heavy (non-hydrogen) atoms. The summed E-state index contributed by atoms with van der Waals surface area (Å²) in [5, 5.41) is 3.48. The molecule has 2 heterocycles. The number of carbonyl (C=O) groups is 1. The maximum atomic E-state index is 12.4. The summed E-state index contributed by atoms with van der Waals surface area (Å²) in [5.74, 6) is 0.298. The van der Waals surface area contributed by atoms with E-state index in [4.69, 9.17) is 0 Å². The third-order valence-corrected chi connectivity index (χ3v) is 5.16. The summed E-state index contributed by atoms with van der Waals surface area (Å²) in [6.07, 6.45) is 0. The lowest BCUT2D eigenvalue weighted by atomic mass is 10.1. The van der Waals surface area contributed by atoms with Crippen molar-refractivity contribution in [2.75, 3.05) is 45.3 Å². The molecule has 4 rings (SSSR count). The van der Waals surface area contributed by atoms with Gasteiger partial charge in [-0.25, -0.2) is 4.98 Å². The molecule has 1 aliphatic heterocycles. The minimum absolute atomic E-state index is 0.206. The predicted octanol–water partition coefficient (Wildman–Crippen LogP) is 1.61. The van der Waals surface area contributed by atoms with E-state index in [2.05, 4.69) is 43.0 Å². The van der Waals surface area contributed by atoms with E-state index < -0.39 is 0 Å². The van der Waals surface area contributed by atoms with Gasteiger partial charge in [0, 0.05) is 45.0 Å². The molecule has 1 aromatic heterocycles. The average Bonchev–Trinajstić information content (AvgIpc) is 3.17.